The molecule has 2 N–H and O–H groups in total. The van der Waals surface area contributed by atoms with Gasteiger partial charge in [0, 0.05) is 31.8 Å². The van der Waals surface area contributed by atoms with Gasteiger partial charge in [-0.2, -0.15) is 0 Å². The molecule has 29 heavy (non-hydrogen) atoms. The van der Waals surface area contributed by atoms with Crippen molar-refractivity contribution in [1.82, 2.24) is 19.6 Å². The highest BCUT2D eigenvalue weighted by Crippen LogP contribution is 2.16. The van der Waals surface area contributed by atoms with Crippen molar-refractivity contribution in [3.8, 4) is 22.5 Å². The predicted molar refractivity (Wildman–Crippen MR) is 110 cm³/mol. The molecule has 0 atom stereocenters. The number of aromatic amines is 2. The molecule has 2 heterocycles. The number of hydrogen-bond donors (Lipinski definition) is 2. The van der Waals surface area contributed by atoms with Crippen LogP contribution in [0.15, 0.2) is 70.3 Å². The number of H-pyrrole nitrogens is 2. The first-order valence-electron chi connectivity index (χ1n) is 8.37. The number of aryl methyl sites for hydroxylation is 2. The molecule has 4 aromatic rings. The van der Waals surface area contributed by atoms with Gasteiger partial charge in [0.2, 0.25) is 0 Å². The molecule has 8 heteroatoms. The Hall–Kier alpha value is -3.68. The van der Waals surface area contributed by atoms with Crippen LogP contribution in [0.5, 0.6) is 0 Å². The predicted octanol–water partition coefficient (Wildman–Crippen LogP) is 3.68. The maximum Gasteiger partial charge on any atom is 0.266 e. The molecule has 0 radical (unpaired) electrons. The minimum absolute atomic E-state index is 0. The molecule has 0 fully saturated rings. The lowest BCUT2D eigenvalue weighted by Gasteiger charge is -2.01. The van der Waals surface area contributed by atoms with Gasteiger partial charge in [0.25, 0.3) is 11.1 Å². The maximum atomic E-state index is 12.6. The van der Waals surface area contributed by atoms with Gasteiger partial charge < -0.3 is 0 Å². The summed E-state index contributed by atoms with van der Waals surface area (Å²) in [7, 11) is 3.37. The van der Waals surface area contributed by atoms with Gasteiger partial charge in [-0.15, -0.1) is 0 Å². The minimum atomic E-state index is -0.285. The van der Waals surface area contributed by atoms with E-state index >= 15 is 0 Å². The van der Waals surface area contributed by atoms with Gasteiger partial charge in [0.1, 0.15) is 11.6 Å². The van der Waals surface area contributed by atoms with E-state index in [9.17, 15) is 18.4 Å². The normalized spacial score (nSPS) is 10.1. The van der Waals surface area contributed by atoms with Crippen LogP contribution in [-0.4, -0.2) is 19.6 Å². The van der Waals surface area contributed by atoms with Crippen molar-refractivity contribution in [2.75, 3.05) is 0 Å². The third kappa shape index (κ3) is 5.19. The summed E-state index contributed by atoms with van der Waals surface area (Å²) in [6.07, 6.45) is 0. The van der Waals surface area contributed by atoms with Gasteiger partial charge in [-0.3, -0.25) is 29.2 Å². The zero-order valence-electron chi connectivity index (χ0n) is 15.2. The number of aromatic nitrogens is 4. The monoisotopic (exact) mass is 400 g/mol. The Kier molecular flexibility index (Phi) is 6.71. The van der Waals surface area contributed by atoms with Crippen molar-refractivity contribution < 1.29 is 8.78 Å². The SMILES string of the molecule is C.Cn1[nH]c(-c2ccc(F)cc2)cc1=O.Cn1[nH]c(=O)cc1-c1ccc(F)cc1. The third-order valence-electron chi connectivity index (χ3n) is 4.09. The van der Waals surface area contributed by atoms with E-state index in [1.165, 1.54) is 41.1 Å². The topological polar surface area (TPSA) is 75.6 Å². The Labute approximate surface area is 166 Å². The first kappa shape index (κ1) is 21.6. The largest absolute Gasteiger partial charge is 0.295 e. The smallest absolute Gasteiger partial charge is 0.266 e. The average Bonchev–Trinajstić information content (AvgIpc) is 3.18. The second kappa shape index (κ2) is 9.01. The highest BCUT2D eigenvalue weighted by Gasteiger charge is 2.04. The van der Waals surface area contributed by atoms with E-state index in [2.05, 4.69) is 10.2 Å². The zero-order chi connectivity index (χ0) is 20.3. The standard InChI is InChI=1S/2C10H9FN2O.CH4/c1-13-9(6-10(14)12-13)7-2-4-8(11)5-3-7;1-13-10(14)6-9(12-13)7-2-4-8(11)5-3-7;/h2-6H,1H3,(H,12,14);2-6,12H,1H3;1H4. The highest BCUT2D eigenvalue weighted by molar-refractivity contribution is 5.59. The van der Waals surface area contributed by atoms with Crippen molar-refractivity contribution in [1.29, 1.82) is 0 Å². The Morgan fingerprint density at radius 2 is 1.24 bits per heavy atom. The highest BCUT2D eigenvalue weighted by atomic mass is 19.1. The molecule has 0 aliphatic carbocycles. The van der Waals surface area contributed by atoms with Crippen molar-refractivity contribution in [2.45, 2.75) is 7.43 Å². The molecule has 152 valence electrons. The average molecular weight is 400 g/mol. The second-order valence-corrected chi connectivity index (χ2v) is 6.15. The molecule has 0 spiro atoms. The van der Waals surface area contributed by atoms with Crippen molar-refractivity contribution in [2.24, 2.45) is 14.1 Å². The number of nitrogens with one attached hydrogen (secondary N) is 2. The first-order valence-corrected chi connectivity index (χ1v) is 8.37. The summed E-state index contributed by atoms with van der Waals surface area (Å²) in [6.45, 7) is 0. The van der Waals surface area contributed by atoms with E-state index in [1.54, 1.807) is 43.0 Å². The first-order chi connectivity index (χ1) is 13.3. The molecular weight excluding hydrogens is 378 g/mol. The van der Waals surface area contributed by atoms with Gasteiger partial charge in [0.15, 0.2) is 0 Å². The molecule has 0 aliphatic heterocycles. The van der Waals surface area contributed by atoms with Crippen LogP contribution in [0.4, 0.5) is 8.78 Å². The van der Waals surface area contributed by atoms with E-state index in [0.717, 1.165) is 16.8 Å². The summed E-state index contributed by atoms with van der Waals surface area (Å²) in [5.41, 5.74) is 2.78. The van der Waals surface area contributed by atoms with Gasteiger partial charge >= 0.3 is 0 Å². The fourth-order valence-electron chi connectivity index (χ4n) is 2.64. The van der Waals surface area contributed by atoms with Crippen LogP contribution in [0, 0.1) is 11.6 Å². The quantitative estimate of drug-likeness (QED) is 0.539. The summed E-state index contributed by atoms with van der Waals surface area (Å²) >= 11 is 0. The van der Waals surface area contributed by atoms with Crippen molar-refractivity contribution >= 4 is 0 Å². The summed E-state index contributed by atoms with van der Waals surface area (Å²) in [4.78, 5) is 22.1. The van der Waals surface area contributed by atoms with Crippen LogP contribution in [0.25, 0.3) is 22.5 Å². The lowest BCUT2D eigenvalue weighted by molar-refractivity contribution is 0.627. The number of nitrogens with zero attached hydrogens (tertiary/aromatic N) is 2. The molecule has 0 saturated carbocycles. The summed E-state index contributed by atoms with van der Waals surface area (Å²) in [5, 5.41) is 5.45. The van der Waals surface area contributed by atoms with Gasteiger partial charge in [-0.1, -0.05) is 7.43 Å². The number of benzene rings is 2. The molecule has 0 amide bonds. The van der Waals surface area contributed by atoms with E-state index < -0.39 is 0 Å². The Bertz CT molecular complexity index is 1180. The summed E-state index contributed by atoms with van der Waals surface area (Å²) in [6, 6.07) is 14.9. The van der Waals surface area contributed by atoms with E-state index in [0.29, 0.717) is 5.69 Å². The number of rotatable bonds is 2. The van der Waals surface area contributed by atoms with Gasteiger partial charge in [-0.25, -0.2) is 8.78 Å². The zero-order valence-corrected chi connectivity index (χ0v) is 15.2. The third-order valence-corrected chi connectivity index (χ3v) is 4.09. The molecule has 0 saturated heterocycles. The molecule has 2 aromatic carbocycles. The van der Waals surface area contributed by atoms with E-state index in [1.807, 2.05) is 0 Å². The van der Waals surface area contributed by atoms with E-state index in [-0.39, 0.29) is 30.2 Å². The molecular formula is C21H22F2N4O2. The molecule has 2 aromatic heterocycles. The number of halogens is 2. The molecule has 0 unspecified atom stereocenters. The number of hydrogen-bond acceptors (Lipinski definition) is 2. The Balaban J connectivity index is 0.000000200. The minimum Gasteiger partial charge on any atom is -0.295 e. The van der Waals surface area contributed by atoms with Crippen LogP contribution in [0.2, 0.25) is 0 Å². The molecule has 0 bridgehead atoms. The second-order valence-electron chi connectivity index (χ2n) is 6.15. The van der Waals surface area contributed by atoms with Crippen molar-refractivity contribution in [3.05, 3.63) is 93.0 Å². The Morgan fingerprint density at radius 3 is 1.66 bits per heavy atom. The van der Waals surface area contributed by atoms with Crippen LogP contribution < -0.4 is 11.1 Å². The molecule has 6 nitrogen and oxygen atoms in total. The lowest BCUT2D eigenvalue weighted by atomic mass is 10.1. The summed E-state index contributed by atoms with van der Waals surface area (Å²) < 4.78 is 28.2. The van der Waals surface area contributed by atoms with Crippen LogP contribution in [-0.2, 0) is 14.1 Å². The fourth-order valence-corrected chi connectivity index (χ4v) is 2.64. The lowest BCUT2D eigenvalue weighted by Crippen LogP contribution is -2.09. The van der Waals surface area contributed by atoms with Crippen molar-refractivity contribution in [3.63, 3.8) is 0 Å². The van der Waals surface area contributed by atoms with Gasteiger partial charge in [0.05, 0.1) is 11.4 Å². The van der Waals surface area contributed by atoms with E-state index in [4.69, 9.17) is 0 Å². The fraction of sp³-hybridized carbons (Fsp3) is 0.143. The Morgan fingerprint density at radius 1 is 0.724 bits per heavy atom. The van der Waals surface area contributed by atoms with Gasteiger partial charge in [-0.05, 0) is 54.1 Å². The summed E-state index contributed by atoms with van der Waals surface area (Å²) in [5.74, 6) is -0.568. The maximum absolute atomic E-state index is 12.6. The van der Waals surface area contributed by atoms with Crippen LogP contribution in [0.3, 0.4) is 0 Å². The van der Waals surface area contributed by atoms with Crippen LogP contribution >= 0.6 is 0 Å². The molecule has 0 aliphatic rings. The van der Waals surface area contributed by atoms with Crippen LogP contribution in [0.1, 0.15) is 7.43 Å². The molecule has 4 rings (SSSR count).